The average molecular weight is 335 g/mol. The van der Waals surface area contributed by atoms with Crippen LogP contribution in [0.25, 0.3) is 6.08 Å². The van der Waals surface area contributed by atoms with Crippen molar-refractivity contribution >= 4 is 45.3 Å². The molecule has 1 aliphatic heterocycles. The summed E-state index contributed by atoms with van der Waals surface area (Å²) >= 11 is 6.68. The van der Waals surface area contributed by atoms with Gasteiger partial charge in [-0.3, -0.25) is 14.9 Å². The fraction of sp³-hybridized carbons (Fsp3) is 0. The van der Waals surface area contributed by atoms with Crippen molar-refractivity contribution in [2.75, 3.05) is 0 Å². The van der Waals surface area contributed by atoms with Gasteiger partial charge in [-0.25, -0.2) is 4.99 Å². The molecule has 2 heterocycles. The van der Waals surface area contributed by atoms with E-state index in [0.717, 1.165) is 11.8 Å². The minimum Gasteiger partial charge on any atom is -0.465 e. The van der Waals surface area contributed by atoms with Gasteiger partial charge in [0.1, 0.15) is 21.5 Å². The Labute approximate surface area is 133 Å². The summed E-state index contributed by atoms with van der Waals surface area (Å²) in [4.78, 5) is 26.5. The maximum atomic E-state index is 11.9. The van der Waals surface area contributed by atoms with Crippen LogP contribution in [0.4, 0.5) is 5.69 Å². The standard InChI is InChI=1S/C14H7ClN2O4S/c15-10-4-3-8(6-12(10)17(19)20)13-16-11(14(18)22-13)7-9-2-1-5-21-9/h1-7H. The van der Waals surface area contributed by atoms with Crippen LogP contribution in [0.3, 0.4) is 0 Å². The normalized spacial score (nSPS) is 16.1. The molecule has 0 fully saturated rings. The molecule has 0 aliphatic carbocycles. The Balaban J connectivity index is 1.98. The largest absolute Gasteiger partial charge is 0.465 e. The minimum atomic E-state index is -0.576. The molecule has 1 aromatic heterocycles. The van der Waals surface area contributed by atoms with Gasteiger partial charge in [0.05, 0.1) is 11.2 Å². The summed E-state index contributed by atoms with van der Waals surface area (Å²) in [6, 6.07) is 7.70. The number of nitro groups is 1. The Kier molecular flexibility index (Phi) is 3.82. The summed E-state index contributed by atoms with van der Waals surface area (Å²) in [6.07, 6.45) is 3.01. The number of hydrogen-bond acceptors (Lipinski definition) is 6. The zero-order valence-corrected chi connectivity index (χ0v) is 12.4. The van der Waals surface area contributed by atoms with Crippen molar-refractivity contribution in [3.63, 3.8) is 0 Å². The fourth-order valence-corrected chi connectivity index (χ4v) is 2.79. The summed E-state index contributed by atoms with van der Waals surface area (Å²) in [6.45, 7) is 0. The van der Waals surface area contributed by atoms with E-state index in [1.54, 1.807) is 18.2 Å². The van der Waals surface area contributed by atoms with Crippen molar-refractivity contribution in [3.05, 3.63) is 68.8 Å². The molecule has 0 N–H and O–H groups in total. The molecular weight excluding hydrogens is 328 g/mol. The second-order valence-electron chi connectivity index (χ2n) is 4.27. The van der Waals surface area contributed by atoms with E-state index in [4.69, 9.17) is 16.0 Å². The fourth-order valence-electron chi connectivity index (χ4n) is 1.83. The molecule has 0 unspecified atom stereocenters. The predicted molar refractivity (Wildman–Crippen MR) is 83.9 cm³/mol. The predicted octanol–water partition coefficient (Wildman–Crippen LogP) is 3.90. The van der Waals surface area contributed by atoms with Crippen molar-refractivity contribution in [1.29, 1.82) is 0 Å². The first-order chi connectivity index (χ1) is 10.5. The molecule has 0 spiro atoms. The summed E-state index contributed by atoms with van der Waals surface area (Å²) in [5, 5.41) is 11.1. The van der Waals surface area contributed by atoms with Crippen molar-refractivity contribution in [2.45, 2.75) is 0 Å². The smallest absolute Gasteiger partial charge is 0.288 e. The molecule has 22 heavy (non-hydrogen) atoms. The van der Waals surface area contributed by atoms with Crippen molar-refractivity contribution < 1.29 is 14.1 Å². The molecule has 8 heteroatoms. The number of benzene rings is 1. The zero-order chi connectivity index (χ0) is 15.7. The molecule has 1 aliphatic rings. The average Bonchev–Trinajstić information content (AvgIpc) is 3.10. The molecular formula is C14H7ClN2O4S. The Bertz CT molecular complexity index is 827. The van der Waals surface area contributed by atoms with Crippen LogP contribution in [0.5, 0.6) is 0 Å². The third-order valence-corrected chi connectivity index (χ3v) is 4.07. The van der Waals surface area contributed by atoms with Crippen LogP contribution in [0.2, 0.25) is 5.02 Å². The lowest BCUT2D eigenvalue weighted by Crippen LogP contribution is -1.96. The monoisotopic (exact) mass is 334 g/mol. The van der Waals surface area contributed by atoms with Crippen LogP contribution in [0.15, 0.2) is 51.7 Å². The first kappa shape index (κ1) is 14.6. The van der Waals surface area contributed by atoms with Crippen molar-refractivity contribution in [3.8, 4) is 0 Å². The highest BCUT2D eigenvalue weighted by Crippen LogP contribution is 2.32. The molecule has 0 radical (unpaired) electrons. The second-order valence-corrected chi connectivity index (χ2v) is 5.64. The van der Waals surface area contributed by atoms with Crippen molar-refractivity contribution in [1.82, 2.24) is 0 Å². The van der Waals surface area contributed by atoms with Gasteiger partial charge in [0.15, 0.2) is 0 Å². The molecule has 0 atom stereocenters. The van der Waals surface area contributed by atoms with E-state index in [0.29, 0.717) is 16.4 Å². The molecule has 3 rings (SSSR count). The number of aliphatic imine (C=N–C) groups is 1. The van der Waals surface area contributed by atoms with Gasteiger partial charge >= 0.3 is 0 Å². The number of carbonyl (C=O) groups is 1. The molecule has 0 amide bonds. The first-order valence-electron chi connectivity index (χ1n) is 6.05. The van der Waals surface area contributed by atoms with E-state index in [-0.39, 0.29) is 21.5 Å². The summed E-state index contributed by atoms with van der Waals surface area (Å²) in [7, 11) is 0. The number of nitrogens with zero attached hydrogens (tertiary/aromatic N) is 2. The maximum Gasteiger partial charge on any atom is 0.288 e. The van der Waals surface area contributed by atoms with Gasteiger partial charge in [-0.2, -0.15) is 0 Å². The molecule has 6 nitrogen and oxygen atoms in total. The van der Waals surface area contributed by atoms with Crippen molar-refractivity contribution in [2.24, 2.45) is 4.99 Å². The second kappa shape index (κ2) is 5.78. The molecule has 0 saturated heterocycles. The van der Waals surface area contributed by atoms with E-state index < -0.39 is 4.92 Å². The SMILES string of the molecule is O=C1SC(c2ccc(Cl)c([N+](=O)[O-])c2)=NC1=Cc1ccco1. The van der Waals surface area contributed by atoms with Crippen LogP contribution < -0.4 is 0 Å². The Morgan fingerprint density at radius 2 is 2.18 bits per heavy atom. The highest BCUT2D eigenvalue weighted by Gasteiger charge is 2.25. The highest BCUT2D eigenvalue weighted by molar-refractivity contribution is 8.27. The highest BCUT2D eigenvalue weighted by atomic mass is 35.5. The van der Waals surface area contributed by atoms with E-state index in [2.05, 4.69) is 4.99 Å². The summed E-state index contributed by atoms with van der Waals surface area (Å²) < 4.78 is 5.14. The molecule has 0 saturated carbocycles. The van der Waals surface area contributed by atoms with Crippen LogP contribution in [0, 0.1) is 10.1 Å². The number of halogens is 1. The third-order valence-electron chi connectivity index (χ3n) is 2.83. The van der Waals surface area contributed by atoms with Gasteiger partial charge in [0.2, 0.25) is 5.12 Å². The zero-order valence-electron chi connectivity index (χ0n) is 10.9. The lowest BCUT2D eigenvalue weighted by atomic mass is 10.2. The lowest BCUT2D eigenvalue weighted by Gasteiger charge is -2.00. The molecule has 0 bridgehead atoms. The number of carbonyl (C=O) groups excluding carboxylic acids is 1. The van der Waals surface area contributed by atoms with Crippen LogP contribution in [0.1, 0.15) is 11.3 Å². The maximum absolute atomic E-state index is 11.9. The number of nitro benzene ring substituents is 1. The van der Waals surface area contributed by atoms with Gasteiger partial charge in [0.25, 0.3) is 5.69 Å². The summed E-state index contributed by atoms with van der Waals surface area (Å²) in [5.74, 6) is 0.510. The lowest BCUT2D eigenvalue weighted by molar-refractivity contribution is -0.384. The molecule has 110 valence electrons. The van der Waals surface area contributed by atoms with Crippen LogP contribution >= 0.6 is 23.4 Å². The van der Waals surface area contributed by atoms with E-state index in [9.17, 15) is 14.9 Å². The van der Waals surface area contributed by atoms with E-state index in [1.807, 2.05) is 0 Å². The van der Waals surface area contributed by atoms with Gasteiger partial charge in [-0.05, 0) is 30.0 Å². The number of furan rings is 1. The van der Waals surface area contributed by atoms with E-state index >= 15 is 0 Å². The van der Waals surface area contributed by atoms with E-state index in [1.165, 1.54) is 24.5 Å². The van der Waals surface area contributed by atoms with Gasteiger partial charge in [-0.1, -0.05) is 17.7 Å². The van der Waals surface area contributed by atoms with Crippen LogP contribution in [-0.4, -0.2) is 15.1 Å². The van der Waals surface area contributed by atoms with Gasteiger partial charge in [0, 0.05) is 17.7 Å². The third kappa shape index (κ3) is 2.81. The quantitative estimate of drug-likeness (QED) is 0.482. The first-order valence-corrected chi connectivity index (χ1v) is 7.24. The van der Waals surface area contributed by atoms with Gasteiger partial charge < -0.3 is 4.42 Å². The van der Waals surface area contributed by atoms with Gasteiger partial charge in [-0.15, -0.1) is 0 Å². The molecule has 1 aromatic carbocycles. The summed E-state index contributed by atoms with van der Waals surface area (Å²) in [5.41, 5.74) is 0.475. The Morgan fingerprint density at radius 1 is 1.36 bits per heavy atom. The molecule has 2 aromatic rings. The number of thioether (sulfide) groups is 1. The topological polar surface area (TPSA) is 85.7 Å². The Hall–Kier alpha value is -2.38. The minimum absolute atomic E-state index is 0.0371. The van der Waals surface area contributed by atoms with Crippen LogP contribution in [-0.2, 0) is 4.79 Å². The number of rotatable bonds is 3. The number of hydrogen-bond donors (Lipinski definition) is 0. The Morgan fingerprint density at radius 3 is 2.86 bits per heavy atom.